The van der Waals surface area contributed by atoms with Crippen LogP contribution < -0.4 is 0 Å². The molecule has 4 heteroatoms. The zero-order valence-corrected chi connectivity index (χ0v) is 12.6. The minimum Gasteiger partial charge on any atom is -0.395 e. The first-order valence-electron chi connectivity index (χ1n) is 7.25. The first-order chi connectivity index (χ1) is 10.7. The third-order valence-electron chi connectivity index (χ3n) is 3.33. The molecule has 1 N–H and O–H groups in total. The first-order valence-corrected chi connectivity index (χ1v) is 7.25. The molecule has 0 saturated carbocycles. The standard InChI is InChI=1S/C18H20N2O2/c1-15-17(10-5-11-19-15)18(22)20(13-14-21)12-6-9-16-7-3-2-4-8-16/h2-11,21H,12-14H2,1H3/b9-6+. The van der Waals surface area contributed by atoms with Crippen LogP contribution in [0.4, 0.5) is 0 Å². The van der Waals surface area contributed by atoms with Crippen LogP contribution in [-0.2, 0) is 0 Å². The average molecular weight is 296 g/mol. The molecule has 0 saturated heterocycles. The predicted octanol–water partition coefficient (Wildman–Crippen LogP) is 2.54. The van der Waals surface area contributed by atoms with Gasteiger partial charge in [0, 0.05) is 25.0 Å². The molecule has 1 amide bonds. The maximum absolute atomic E-state index is 12.5. The summed E-state index contributed by atoms with van der Waals surface area (Å²) < 4.78 is 0. The minimum absolute atomic E-state index is 0.0653. The first kappa shape index (κ1) is 15.9. The molecule has 0 unspecified atom stereocenters. The van der Waals surface area contributed by atoms with Crippen LogP contribution in [0.5, 0.6) is 0 Å². The highest BCUT2D eigenvalue weighted by Gasteiger charge is 2.16. The van der Waals surface area contributed by atoms with E-state index < -0.39 is 0 Å². The zero-order valence-electron chi connectivity index (χ0n) is 12.6. The van der Waals surface area contributed by atoms with E-state index in [0.29, 0.717) is 24.3 Å². The van der Waals surface area contributed by atoms with Crippen LogP contribution in [-0.4, -0.2) is 40.6 Å². The summed E-state index contributed by atoms with van der Waals surface area (Å²) in [6, 6.07) is 13.4. The van der Waals surface area contributed by atoms with Crippen LogP contribution in [0.3, 0.4) is 0 Å². The number of pyridine rings is 1. The smallest absolute Gasteiger partial charge is 0.256 e. The van der Waals surface area contributed by atoms with E-state index in [2.05, 4.69) is 4.98 Å². The number of hydrogen-bond donors (Lipinski definition) is 1. The molecule has 0 bridgehead atoms. The molecule has 0 fully saturated rings. The average Bonchev–Trinajstić information content (AvgIpc) is 2.55. The molecule has 0 atom stereocenters. The summed E-state index contributed by atoms with van der Waals surface area (Å²) in [7, 11) is 0. The molecule has 0 spiro atoms. The minimum atomic E-state index is -0.114. The number of rotatable bonds is 6. The highest BCUT2D eigenvalue weighted by Crippen LogP contribution is 2.09. The molecule has 0 radical (unpaired) electrons. The predicted molar refractivity (Wildman–Crippen MR) is 87.4 cm³/mol. The molecule has 1 heterocycles. The van der Waals surface area contributed by atoms with E-state index in [1.54, 1.807) is 23.2 Å². The Morgan fingerprint density at radius 1 is 1.23 bits per heavy atom. The lowest BCUT2D eigenvalue weighted by Gasteiger charge is -2.20. The number of aliphatic hydroxyl groups is 1. The number of amides is 1. The molecule has 22 heavy (non-hydrogen) atoms. The molecule has 1 aromatic heterocycles. The van der Waals surface area contributed by atoms with Gasteiger partial charge < -0.3 is 10.0 Å². The lowest BCUT2D eigenvalue weighted by Crippen LogP contribution is -2.34. The van der Waals surface area contributed by atoms with Crippen LogP contribution in [0.15, 0.2) is 54.7 Å². The number of benzene rings is 1. The number of nitrogens with zero attached hydrogens (tertiary/aromatic N) is 2. The molecule has 4 nitrogen and oxygen atoms in total. The Bertz CT molecular complexity index is 639. The maximum atomic E-state index is 12.5. The van der Waals surface area contributed by atoms with Crippen molar-refractivity contribution in [3.8, 4) is 0 Å². The monoisotopic (exact) mass is 296 g/mol. The molecule has 1 aromatic carbocycles. The van der Waals surface area contributed by atoms with Crippen LogP contribution in [0.2, 0.25) is 0 Å². The number of carbonyl (C=O) groups excluding carboxylic acids is 1. The van der Waals surface area contributed by atoms with Gasteiger partial charge >= 0.3 is 0 Å². The van der Waals surface area contributed by atoms with E-state index in [4.69, 9.17) is 0 Å². The summed E-state index contributed by atoms with van der Waals surface area (Å²) in [5.74, 6) is -0.114. The number of aliphatic hydroxyl groups excluding tert-OH is 1. The molecule has 0 aliphatic rings. The quantitative estimate of drug-likeness (QED) is 0.891. The van der Waals surface area contributed by atoms with Gasteiger partial charge in [0.1, 0.15) is 0 Å². The summed E-state index contributed by atoms with van der Waals surface area (Å²) in [5.41, 5.74) is 2.35. The van der Waals surface area contributed by atoms with Crippen LogP contribution in [0.1, 0.15) is 21.6 Å². The second-order valence-electron chi connectivity index (χ2n) is 4.92. The molecular weight excluding hydrogens is 276 g/mol. The van der Waals surface area contributed by atoms with Gasteiger partial charge in [-0.3, -0.25) is 9.78 Å². The second kappa shape index (κ2) is 8.10. The van der Waals surface area contributed by atoms with Crippen molar-refractivity contribution >= 4 is 12.0 Å². The summed E-state index contributed by atoms with van der Waals surface area (Å²) in [5, 5.41) is 9.18. The normalized spacial score (nSPS) is 10.8. The van der Waals surface area contributed by atoms with E-state index in [-0.39, 0.29) is 12.5 Å². The molecule has 114 valence electrons. The van der Waals surface area contributed by atoms with Gasteiger partial charge in [-0.1, -0.05) is 42.5 Å². The fraction of sp³-hybridized carbons (Fsp3) is 0.222. The summed E-state index contributed by atoms with van der Waals surface area (Å²) in [6.45, 7) is 2.49. The van der Waals surface area contributed by atoms with Gasteiger partial charge in [0.25, 0.3) is 5.91 Å². The number of hydrogen-bond acceptors (Lipinski definition) is 3. The molecule has 2 aromatic rings. The SMILES string of the molecule is Cc1ncccc1C(=O)N(C/C=C/c1ccccc1)CCO. The van der Waals surface area contributed by atoms with Crippen molar-refractivity contribution in [2.45, 2.75) is 6.92 Å². The van der Waals surface area contributed by atoms with Gasteiger partial charge in [-0.05, 0) is 24.6 Å². The fourth-order valence-electron chi connectivity index (χ4n) is 2.16. The number of aromatic nitrogens is 1. The van der Waals surface area contributed by atoms with Gasteiger partial charge in [0.2, 0.25) is 0 Å². The molecule has 0 aliphatic heterocycles. The largest absolute Gasteiger partial charge is 0.395 e. The molecule has 0 aliphatic carbocycles. The molecular formula is C18H20N2O2. The summed E-state index contributed by atoms with van der Waals surface area (Å²) >= 11 is 0. The van der Waals surface area contributed by atoms with Crippen LogP contribution >= 0.6 is 0 Å². The molecule has 2 rings (SSSR count). The Hall–Kier alpha value is -2.46. The van der Waals surface area contributed by atoms with Crippen molar-refractivity contribution in [3.63, 3.8) is 0 Å². The van der Waals surface area contributed by atoms with Gasteiger partial charge in [0.15, 0.2) is 0 Å². The van der Waals surface area contributed by atoms with Crippen molar-refractivity contribution in [1.29, 1.82) is 0 Å². The second-order valence-corrected chi connectivity index (χ2v) is 4.92. The van der Waals surface area contributed by atoms with E-state index >= 15 is 0 Å². The highest BCUT2D eigenvalue weighted by atomic mass is 16.3. The van der Waals surface area contributed by atoms with Gasteiger partial charge in [-0.15, -0.1) is 0 Å². The van der Waals surface area contributed by atoms with Crippen LogP contribution in [0, 0.1) is 6.92 Å². The Labute approximate surface area is 130 Å². The Morgan fingerprint density at radius 2 is 2.00 bits per heavy atom. The van der Waals surface area contributed by atoms with Crippen molar-refractivity contribution in [2.24, 2.45) is 0 Å². The third kappa shape index (κ3) is 4.27. The van der Waals surface area contributed by atoms with Gasteiger partial charge in [-0.2, -0.15) is 0 Å². The summed E-state index contributed by atoms with van der Waals surface area (Å²) in [4.78, 5) is 18.3. The van der Waals surface area contributed by atoms with E-state index in [1.165, 1.54) is 0 Å². The van der Waals surface area contributed by atoms with E-state index in [0.717, 1.165) is 5.56 Å². The Morgan fingerprint density at radius 3 is 2.68 bits per heavy atom. The van der Waals surface area contributed by atoms with Gasteiger partial charge in [-0.25, -0.2) is 0 Å². The third-order valence-corrected chi connectivity index (χ3v) is 3.33. The van der Waals surface area contributed by atoms with Crippen molar-refractivity contribution < 1.29 is 9.90 Å². The van der Waals surface area contributed by atoms with E-state index in [9.17, 15) is 9.90 Å². The number of aryl methyl sites for hydroxylation is 1. The van der Waals surface area contributed by atoms with Crippen LogP contribution in [0.25, 0.3) is 6.08 Å². The topological polar surface area (TPSA) is 53.4 Å². The van der Waals surface area contributed by atoms with E-state index in [1.807, 2.05) is 49.4 Å². The lowest BCUT2D eigenvalue weighted by molar-refractivity contribution is 0.0742. The Kier molecular flexibility index (Phi) is 5.86. The van der Waals surface area contributed by atoms with Crippen molar-refractivity contribution in [2.75, 3.05) is 19.7 Å². The zero-order chi connectivity index (χ0) is 15.8. The van der Waals surface area contributed by atoms with Gasteiger partial charge in [0.05, 0.1) is 12.2 Å². The lowest BCUT2D eigenvalue weighted by atomic mass is 10.1. The number of carbonyl (C=O) groups is 1. The fourth-order valence-corrected chi connectivity index (χ4v) is 2.16. The maximum Gasteiger partial charge on any atom is 0.256 e. The summed E-state index contributed by atoms with van der Waals surface area (Å²) in [6.07, 6.45) is 5.56. The Balaban J connectivity index is 2.08. The van der Waals surface area contributed by atoms with Crippen molar-refractivity contribution in [3.05, 3.63) is 71.6 Å². The highest BCUT2D eigenvalue weighted by molar-refractivity contribution is 5.95. The van der Waals surface area contributed by atoms with Crippen molar-refractivity contribution in [1.82, 2.24) is 9.88 Å².